The molecule has 1 unspecified atom stereocenters. The van der Waals surface area contributed by atoms with Gasteiger partial charge in [-0.25, -0.2) is 5.43 Å². The van der Waals surface area contributed by atoms with Gasteiger partial charge in [0.15, 0.2) is 0 Å². The summed E-state index contributed by atoms with van der Waals surface area (Å²) >= 11 is 2.92. The molecule has 7 heteroatoms. The molecule has 1 aromatic rings. The van der Waals surface area contributed by atoms with Crippen LogP contribution in [0.5, 0.6) is 0 Å². The smallest absolute Gasteiger partial charge is 0.417 e. The molecule has 110 valence electrons. The van der Waals surface area contributed by atoms with E-state index < -0.39 is 17.8 Å². The number of allylic oxidation sites excluding steroid dienone is 1. The molecule has 0 saturated heterocycles. The first-order chi connectivity index (χ1) is 9.43. The predicted molar refractivity (Wildman–Crippen MR) is 72.5 cm³/mol. The molecule has 0 aromatic heterocycles. The number of hydrogen-bond donors (Lipinski definition) is 2. The molecule has 3 N–H and O–H groups in total. The molecule has 1 aromatic carbocycles. The highest BCUT2D eigenvalue weighted by Gasteiger charge is 2.34. The summed E-state index contributed by atoms with van der Waals surface area (Å²) in [6, 6.07) is 3.45. The Labute approximate surface area is 123 Å². The first-order valence-electron chi connectivity index (χ1n) is 6.09. The fourth-order valence-electron chi connectivity index (χ4n) is 2.06. The van der Waals surface area contributed by atoms with Crippen molar-refractivity contribution in [2.24, 2.45) is 5.84 Å². The zero-order chi connectivity index (χ0) is 14.8. The molecule has 1 aliphatic rings. The summed E-state index contributed by atoms with van der Waals surface area (Å²) in [5.41, 5.74) is 2.19. The Morgan fingerprint density at radius 2 is 2.10 bits per heavy atom. The largest absolute Gasteiger partial charge is 0.496 e. The van der Waals surface area contributed by atoms with Gasteiger partial charge in [0.25, 0.3) is 0 Å². The molecule has 3 nitrogen and oxygen atoms in total. The maximum Gasteiger partial charge on any atom is 0.417 e. The summed E-state index contributed by atoms with van der Waals surface area (Å²) in [5.74, 6) is 6.03. The maximum atomic E-state index is 12.9. The molecule has 0 bridgehead atoms. The van der Waals surface area contributed by atoms with Crippen molar-refractivity contribution < 1.29 is 17.9 Å². The molecule has 0 amide bonds. The molecule has 1 heterocycles. The minimum atomic E-state index is -4.42. The van der Waals surface area contributed by atoms with E-state index in [1.165, 1.54) is 6.07 Å². The van der Waals surface area contributed by atoms with Crippen LogP contribution in [0, 0.1) is 0 Å². The molecular formula is C13H14BrF3N2O. The van der Waals surface area contributed by atoms with Crippen molar-refractivity contribution in [2.75, 3.05) is 6.61 Å². The Morgan fingerprint density at radius 1 is 1.35 bits per heavy atom. The average Bonchev–Trinajstić information content (AvgIpc) is 2.41. The Bertz CT molecular complexity index is 517. The molecule has 2 rings (SSSR count). The summed E-state index contributed by atoms with van der Waals surface area (Å²) in [6.07, 6.45) is -0.843. The van der Waals surface area contributed by atoms with Gasteiger partial charge in [-0.2, -0.15) is 13.2 Å². The highest BCUT2D eigenvalue weighted by Crippen LogP contribution is 2.37. The molecule has 0 spiro atoms. The van der Waals surface area contributed by atoms with Gasteiger partial charge in [-0.05, 0) is 36.6 Å². The Hall–Kier alpha value is -1.05. The van der Waals surface area contributed by atoms with Crippen molar-refractivity contribution >= 4 is 15.9 Å². The van der Waals surface area contributed by atoms with E-state index in [4.69, 9.17) is 10.6 Å². The molecule has 1 atom stereocenters. The molecule has 0 radical (unpaired) electrons. The number of nitrogens with two attached hydrogens (primary N) is 1. The monoisotopic (exact) mass is 350 g/mol. The fraction of sp³-hybridized carbons (Fsp3) is 0.385. The van der Waals surface area contributed by atoms with Gasteiger partial charge in [-0.1, -0.05) is 22.0 Å². The topological polar surface area (TPSA) is 47.3 Å². The minimum absolute atomic E-state index is 0.00284. The molecule has 20 heavy (non-hydrogen) atoms. The first-order valence-corrected chi connectivity index (χ1v) is 6.88. The maximum absolute atomic E-state index is 12.9. The number of hydrogen-bond acceptors (Lipinski definition) is 3. The van der Waals surface area contributed by atoms with Gasteiger partial charge in [0, 0.05) is 4.47 Å². The van der Waals surface area contributed by atoms with E-state index >= 15 is 0 Å². The number of rotatable bonds is 3. The van der Waals surface area contributed by atoms with Gasteiger partial charge >= 0.3 is 6.18 Å². The Balaban J connectivity index is 2.38. The van der Waals surface area contributed by atoms with Crippen LogP contribution >= 0.6 is 15.9 Å². The Kier molecular flexibility index (Phi) is 4.72. The quantitative estimate of drug-likeness (QED) is 0.645. The highest BCUT2D eigenvalue weighted by molar-refractivity contribution is 9.10. The van der Waals surface area contributed by atoms with E-state index in [0.29, 0.717) is 17.9 Å². The van der Waals surface area contributed by atoms with Crippen LogP contribution in [-0.2, 0) is 10.9 Å². The zero-order valence-corrected chi connectivity index (χ0v) is 12.1. The van der Waals surface area contributed by atoms with Crippen molar-refractivity contribution in [3.63, 3.8) is 0 Å². The van der Waals surface area contributed by atoms with Crippen LogP contribution in [0.3, 0.4) is 0 Å². The number of halogens is 4. The van der Waals surface area contributed by atoms with Crippen LogP contribution in [-0.4, -0.2) is 6.61 Å². The van der Waals surface area contributed by atoms with E-state index in [2.05, 4.69) is 21.4 Å². The summed E-state index contributed by atoms with van der Waals surface area (Å²) in [5, 5.41) is 0. The van der Waals surface area contributed by atoms with Crippen LogP contribution in [0.15, 0.2) is 34.5 Å². The number of ether oxygens (including phenoxy) is 1. The van der Waals surface area contributed by atoms with Crippen LogP contribution in [0.1, 0.15) is 30.0 Å². The van der Waals surface area contributed by atoms with Crippen molar-refractivity contribution in [1.82, 2.24) is 5.43 Å². The summed E-state index contributed by atoms with van der Waals surface area (Å²) in [4.78, 5) is 0. The number of alkyl halides is 3. The van der Waals surface area contributed by atoms with Crippen molar-refractivity contribution in [1.29, 1.82) is 0 Å². The van der Waals surface area contributed by atoms with E-state index in [0.717, 1.165) is 18.9 Å². The molecule has 1 aliphatic heterocycles. The number of benzene rings is 1. The highest BCUT2D eigenvalue weighted by atomic mass is 79.9. The third-order valence-corrected chi connectivity index (χ3v) is 3.73. The van der Waals surface area contributed by atoms with Crippen LogP contribution in [0.2, 0.25) is 0 Å². The lowest BCUT2D eigenvalue weighted by atomic mass is 10.0. The average molecular weight is 351 g/mol. The molecule has 0 aliphatic carbocycles. The van der Waals surface area contributed by atoms with Crippen LogP contribution in [0.25, 0.3) is 0 Å². The summed E-state index contributed by atoms with van der Waals surface area (Å²) in [6.45, 7) is 0.548. The van der Waals surface area contributed by atoms with E-state index in [-0.39, 0.29) is 4.47 Å². The number of hydrazine groups is 1. The summed E-state index contributed by atoms with van der Waals surface area (Å²) < 4.78 is 44.2. The van der Waals surface area contributed by atoms with Gasteiger partial charge in [-0.3, -0.25) is 5.84 Å². The van der Waals surface area contributed by atoms with Gasteiger partial charge in [0.2, 0.25) is 0 Å². The Morgan fingerprint density at radius 3 is 2.65 bits per heavy atom. The van der Waals surface area contributed by atoms with Crippen molar-refractivity contribution in [3.05, 3.63) is 45.6 Å². The van der Waals surface area contributed by atoms with Crippen molar-refractivity contribution in [3.8, 4) is 0 Å². The second-order valence-electron chi connectivity index (χ2n) is 4.43. The second kappa shape index (κ2) is 6.15. The standard InChI is InChI=1S/C13H14BrF3N2O/c14-10-5-4-8(7-9(10)13(15,16)17)12(19-18)11-3-1-2-6-20-11/h3-5,7,12,19H,1-2,6,18H2. The van der Waals surface area contributed by atoms with E-state index in [1.807, 2.05) is 6.08 Å². The SMILES string of the molecule is NNC(C1=CCCCO1)c1ccc(Br)c(C(F)(F)F)c1. The zero-order valence-electron chi connectivity index (χ0n) is 10.5. The third-order valence-electron chi connectivity index (χ3n) is 3.04. The van der Waals surface area contributed by atoms with E-state index in [1.54, 1.807) is 6.07 Å². The van der Waals surface area contributed by atoms with E-state index in [9.17, 15) is 13.2 Å². The van der Waals surface area contributed by atoms with Crippen LogP contribution in [0.4, 0.5) is 13.2 Å². The van der Waals surface area contributed by atoms with Gasteiger partial charge < -0.3 is 4.74 Å². The lowest BCUT2D eigenvalue weighted by Gasteiger charge is -2.24. The fourth-order valence-corrected chi connectivity index (χ4v) is 2.53. The van der Waals surface area contributed by atoms with Gasteiger partial charge in [0.05, 0.1) is 12.2 Å². The first kappa shape index (κ1) is 15.3. The predicted octanol–water partition coefficient (Wildman–Crippen LogP) is 3.67. The van der Waals surface area contributed by atoms with Gasteiger partial charge in [-0.15, -0.1) is 0 Å². The normalized spacial score (nSPS) is 17.4. The molecule has 0 saturated carbocycles. The second-order valence-corrected chi connectivity index (χ2v) is 5.29. The number of nitrogens with one attached hydrogen (secondary N) is 1. The molecule has 0 fully saturated rings. The van der Waals surface area contributed by atoms with Crippen molar-refractivity contribution in [2.45, 2.75) is 25.1 Å². The minimum Gasteiger partial charge on any atom is -0.496 e. The van der Waals surface area contributed by atoms with Crippen LogP contribution < -0.4 is 11.3 Å². The van der Waals surface area contributed by atoms with Gasteiger partial charge in [0.1, 0.15) is 11.8 Å². The lowest BCUT2D eigenvalue weighted by Crippen LogP contribution is -2.31. The lowest BCUT2D eigenvalue weighted by molar-refractivity contribution is -0.138. The molecular weight excluding hydrogens is 337 g/mol. The summed E-state index contributed by atoms with van der Waals surface area (Å²) in [7, 11) is 0. The third kappa shape index (κ3) is 3.34.